The lowest BCUT2D eigenvalue weighted by Crippen LogP contribution is -2.17. The van der Waals surface area contributed by atoms with Crippen LogP contribution in [-0.2, 0) is 0 Å². The highest BCUT2D eigenvalue weighted by Gasteiger charge is 2.09. The molecule has 2 nitrogen and oxygen atoms in total. The monoisotopic (exact) mass is 298 g/mol. The van der Waals surface area contributed by atoms with E-state index in [1.54, 1.807) is 0 Å². The predicted octanol–water partition coefficient (Wildman–Crippen LogP) is 4.60. The molecular formula is C15H23ClN2S. The van der Waals surface area contributed by atoms with Crippen molar-refractivity contribution in [3.05, 3.63) is 28.8 Å². The number of hydrogen-bond donors (Lipinski definition) is 2. The van der Waals surface area contributed by atoms with Crippen LogP contribution in [0.2, 0.25) is 5.02 Å². The topological polar surface area (TPSA) is 38.0 Å². The molecule has 1 atom stereocenters. The van der Waals surface area contributed by atoms with Gasteiger partial charge in [0.1, 0.15) is 4.99 Å². The van der Waals surface area contributed by atoms with Gasteiger partial charge in [0, 0.05) is 22.8 Å². The molecule has 19 heavy (non-hydrogen) atoms. The fourth-order valence-corrected chi connectivity index (χ4v) is 2.41. The third-order valence-corrected chi connectivity index (χ3v) is 3.83. The van der Waals surface area contributed by atoms with Gasteiger partial charge in [0.2, 0.25) is 0 Å². The molecule has 0 saturated carbocycles. The zero-order valence-electron chi connectivity index (χ0n) is 11.7. The maximum absolute atomic E-state index is 5.98. The molecule has 106 valence electrons. The van der Waals surface area contributed by atoms with Crippen LogP contribution in [0.5, 0.6) is 0 Å². The van der Waals surface area contributed by atoms with Gasteiger partial charge in [0.15, 0.2) is 0 Å². The third kappa shape index (κ3) is 5.37. The first-order valence-corrected chi connectivity index (χ1v) is 7.70. The highest BCUT2D eigenvalue weighted by molar-refractivity contribution is 7.80. The lowest BCUT2D eigenvalue weighted by atomic mass is 9.99. The Morgan fingerprint density at radius 2 is 2.16 bits per heavy atom. The molecular weight excluding hydrogens is 276 g/mol. The van der Waals surface area contributed by atoms with Crippen LogP contribution >= 0.6 is 23.8 Å². The number of thiocarbonyl (C=S) groups is 1. The first-order chi connectivity index (χ1) is 9.08. The summed E-state index contributed by atoms with van der Waals surface area (Å²) >= 11 is 11.0. The molecule has 1 unspecified atom stereocenters. The second kappa shape index (κ2) is 8.39. The second-order valence-corrected chi connectivity index (χ2v) is 5.73. The van der Waals surface area contributed by atoms with Gasteiger partial charge < -0.3 is 11.1 Å². The Labute approximate surface area is 126 Å². The molecule has 0 spiro atoms. The Morgan fingerprint density at radius 3 is 2.74 bits per heavy atom. The molecule has 0 bridgehead atoms. The van der Waals surface area contributed by atoms with E-state index in [1.807, 2.05) is 18.2 Å². The fraction of sp³-hybridized carbons (Fsp3) is 0.533. The van der Waals surface area contributed by atoms with E-state index >= 15 is 0 Å². The number of anilines is 1. The Hall–Kier alpha value is -0.800. The molecule has 0 aliphatic heterocycles. The van der Waals surface area contributed by atoms with Gasteiger partial charge in [0.25, 0.3) is 0 Å². The zero-order valence-corrected chi connectivity index (χ0v) is 13.3. The fourth-order valence-electron chi connectivity index (χ4n) is 2.07. The summed E-state index contributed by atoms with van der Waals surface area (Å²) in [4.78, 5) is 0.381. The van der Waals surface area contributed by atoms with Gasteiger partial charge in [-0.3, -0.25) is 0 Å². The van der Waals surface area contributed by atoms with E-state index in [4.69, 9.17) is 29.6 Å². The number of nitrogens with two attached hydrogens (primary N) is 1. The molecule has 0 fully saturated rings. The molecule has 0 aliphatic rings. The molecule has 1 rings (SSSR count). The van der Waals surface area contributed by atoms with Crippen LogP contribution < -0.4 is 11.1 Å². The summed E-state index contributed by atoms with van der Waals surface area (Å²) < 4.78 is 0. The molecule has 1 aromatic rings. The SMILES string of the molecule is CCCCC(CC)CNc1ccc(Cl)cc1C(N)=S. The average molecular weight is 299 g/mol. The Morgan fingerprint density at radius 1 is 1.42 bits per heavy atom. The molecule has 0 aliphatic carbocycles. The van der Waals surface area contributed by atoms with Crippen LogP contribution in [0.4, 0.5) is 5.69 Å². The van der Waals surface area contributed by atoms with Crippen LogP contribution in [-0.4, -0.2) is 11.5 Å². The van der Waals surface area contributed by atoms with Crippen molar-refractivity contribution in [2.45, 2.75) is 39.5 Å². The van der Waals surface area contributed by atoms with Gasteiger partial charge in [-0.2, -0.15) is 0 Å². The van der Waals surface area contributed by atoms with Crippen LogP contribution in [0, 0.1) is 5.92 Å². The van der Waals surface area contributed by atoms with Crippen molar-refractivity contribution in [1.82, 2.24) is 0 Å². The Bertz CT molecular complexity index is 421. The first kappa shape index (κ1) is 16.3. The van der Waals surface area contributed by atoms with Gasteiger partial charge in [0.05, 0.1) is 0 Å². The summed E-state index contributed by atoms with van der Waals surface area (Å²) in [5, 5.41) is 4.11. The maximum Gasteiger partial charge on any atom is 0.106 e. The standard InChI is InChI=1S/C15H23ClN2S/c1-3-5-6-11(4-2)10-18-14-8-7-12(16)9-13(14)15(17)19/h7-9,11,18H,3-6,10H2,1-2H3,(H2,17,19). The number of rotatable bonds is 8. The minimum atomic E-state index is 0.381. The van der Waals surface area contributed by atoms with Gasteiger partial charge in [-0.15, -0.1) is 0 Å². The molecule has 1 aromatic carbocycles. The first-order valence-electron chi connectivity index (χ1n) is 6.91. The van der Waals surface area contributed by atoms with Crippen molar-refractivity contribution in [1.29, 1.82) is 0 Å². The minimum absolute atomic E-state index is 0.381. The highest BCUT2D eigenvalue weighted by Crippen LogP contribution is 2.22. The largest absolute Gasteiger partial charge is 0.389 e. The Balaban J connectivity index is 2.68. The summed E-state index contributed by atoms with van der Waals surface area (Å²) in [5.74, 6) is 0.690. The minimum Gasteiger partial charge on any atom is -0.389 e. The van der Waals surface area contributed by atoms with Crippen LogP contribution in [0.15, 0.2) is 18.2 Å². The van der Waals surface area contributed by atoms with Crippen molar-refractivity contribution in [2.24, 2.45) is 11.7 Å². The van der Waals surface area contributed by atoms with Crippen molar-refractivity contribution in [2.75, 3.05) is 11.9 Å². The summed E-state index contributed by atoms with van der Waals surface area (Å²) in [5.41, 5.74) is 7.54. The zero-order chi connectivity index (χ0) is 14.3. The lowest BCUT2D eigenvalue weighted by molar-refractivity contribution is 0.473. The molecule has 0 amide bonds. The van der Waals surface area contributed by atoms with Crippen LogP contribution in [0.1, 0.15) is 45.1 Å². The van der Waals surface area contributed by atoms with Crippen LogP contribution in [0.25, 0.3) is 0 Å². The number of hydrogen-bond acceptors (Lipinski definition) is 2. The van der Waals surface area contributed by atoms with Crippen molar-refractivity contribution in [3.8, 4) is 0 Å². The maximum atomic E-state index is 5.98. The quantitative estimate of drug-likeness (QED) is 0.689. The summed E-state index contributed by atoms with van der Waals surface area (Å²) in [7, 11) is 0. The summed E-state index contributed by atoms with van der Waals surface area (Å²) in [6.45, 7) is 5.41. The van der Waals surface area contributed by atoms with E-state index in [2.05, 4.69) is 19.2 Å². The van der Waals surface area contributed by atoms with E-state index < -0.39 is 0 Å². The lowest BCUT2D eigenvalue weighted by Gasteiger charge is -2.18. The number of halogens is 1. The molecule has 4 heteroatoms. The highest BCUT2D eigenvalue weighted by atomic mass is 35.5. The molecule has 0 heterocycles. The molecule has 0 saturated heterocycles. The number of unbranched alkanes of at least 4 members (excludes halogenated alkanes) is 1. The van der Waals surface area contributed by atoms with Crippen molar-refractivity contribution >= 4 is 34.5 Å². The summed E-state index contributed by atoms with van der Waals surface area (Å²) in [6, 6.07) is 5.63. The van der Waals surface area contributed by atoms with Crippen LogP contribution in [0.3, 0.4) is 0 Å². The van der Waals surface area contributed by atoms with E-state index in [-0.39, 0.29) is 0 Å². The van der Waals surface area contributed by atoms with Gasteiger partial charge in [-0.05, 0) is 30.5 Å². The molecule has 3 N–H and O–H groups in total. The summed E-state index contributed by atoms with van der Waals surface area (Å²) in [6.07, 6.45) is 4.97. The van der Waals surface area contributed by atoms with E-state index in [9.17, 15) is 0 Å². The van der Waals surface area contributed by atoms with E-state index in [0.29, 0.717) is 15.9 Å². The van der Waals surface area contributed by atoms with E-state index in [0.717, 1.165) is 17.8 Å². The Kier molecular flexibility index (Phi) is 7.17. The average Bonchev–Trinajstić information content (AvgIpc) is 2.40. The van der Waals surface area contributed by atoms with Crippen molar-refractivity contribution < 1.29 is 0 Å². The third-order valence-electron chi connectivity index (χ3n) is 3.37. The smallest absolute Gasteiger partial charge is 0.106 e. The second-order valence-electron chi connectivity index (χ2n) is 4.85. The van der Waals surface area contributed by atoms with Crippen molar-refractivity contribution in [3.63, 3.8) is 0 Å². The van der Waals surface area contributed by atoms with Gasteiger partial charge >= 0.3 is 0 Å². The number of nitrogens with one attached hydrogen (secondary N) is 1. The molecule has 0 aromatic heterocycles. The molecule has 0 radical (unpaired) electrons. The number of benzene rings is 1. The predicted molar refractivity (Wildman–Crippen MR) is 89.1 cm³/mol. The van der Waals surface area contributed by atoms with Gasteiger partial charge in [-0.25, -0.2) is 0 Å². The normalized spacial score (nSPS) is 12.2. The van der Waals surface area contributed by atoms with E-state index in [1.165, 1.54) is 25.7 Å². The van der Waals surface area contributed by atoms with Gasteiger partial charge in [-0.1, -0.05) is 56.9 Å².